The largest absolute Gasteiger partial charge is 0.325 e. The Morgan fingerprint density at radius 1 is 1.08 bits per heavy atom. The summed E-state index contributed by atoms with van der Waals surface area (Å²) in [5.41, 5.74) is 5.23. The predicted molar refractivity (Wildman–Crippen MR) is 106 cm³/mol. The van der Waals surface area contributed by atoms with Crippen molar-refractivity contribution in [2.45, 2.75) is 38.1 Å². The number of H-pyrrole nitrogens is 1. The van der Waals surface area contributed by atoms with Crippen LogP contribution < -0.4 is 5.32 Å². The molecule has 0 spiro atoms. The van der Waals surface area contributed by atoms with Crippen molar-refractivity contribution in [1.29, 1.82) is 0 Å². The molecule has 1 heterocycles. The quantitative estimate of drug-likeness (QED) is 0.652. The fraction of sp³-hybridized carbons (Fsp3) is 0.250. The van der Waals surface area contributed by atoms with Gasteiger partial charge >= 0.3 is 0 Å². The SMILES string of the molecule is Cc1ccc(-c2nc(S[C@H](C)C(=O)Nc3ccc(C)cc3C)n[nH]2)cc1. The molecule has 0 unspecified atom stereocenters. The summed E-state index contributed by atoms with van der Waals surface area (Å²) in [4.78, 5) is 17.0. The fourth-order valence-corrected chi connectivity index (χ4v) is 3.26. The summed E-state index contributed by atoms with van der Waals surface area (Å²) in [6, 6.07) is 14.0. The van der Waals surface area contributed by atoms with Crippen LogP contribution in [0.5, 0.6) is 0 Å². The van der Waals surface area contributed by atoms with Crippen LogP contribution in [-0.4, -0.2) is 26.3 Å². The summed E-state index contributed by atoms with van der Waals surface area (Å²) >= 11 is 1.33. The smallest absolute Gasteiger partial charge is 0.237 e. The van der Waals surface area contributed by atoms with Gasteiger partial charge in [-0.15, -0.1) is 5.10 Å². The van der Waals surface area contributed by atoms with E-state index in [2.05, 4.69) is 26.6 Å². The molecule has 134 valence electrons. The van der Waals surface area contributed by atoms with Crippen molar-refractivity contribution in [2.24, 2.45) is 0 Å². The molecule has 0 aliphatic rings. The normalized spacial score (nSPS) is 12.0. The van der Waals surface area contributed by atoms with Gasteiger partial charge in [-0.3, -0.25) is 9.89 Å². The number of carbonyl (C=O) groups is 1. The summed E-state index contributed by atoms with van der Waals surface area (Å²) in [6.07, 6.45) is 0. The second kappa shape index (κ2) is 7.74. The molecule has 0 saturated carbocycles. The van der Waals surface area contributed by atoms with Gasteiger partial charge < -0.3 is 5.32 Å². The first-order valence-electron chi connectivity index (χ1n) is 8.46. The van der Waals surface area contributed by atoms with Gasteiger partial charge in [0.2, 0.25) is 11.1 Å². The predicted octanol–water partition coefficient (Wildman–Crippen LogP) is 4.52. The molecule has 1 aromatic heterocycles. The van der Waals surface area contributed by atoms with E-state index in [1.54, 1.807) is 0 Å². The maximum atomic E-state index is 12.5. The lowest BCUT2D eigenvalue weighted by Gasteiger charge is -2.12. The Kier molecular flexibility index (Phi) is 5.42. The van der Waals surface area contributed by atoms with E-state index in [1.165, 1.54) is 22.9 Å². The van der Waals surface area contributed by atoms with Crippen LogP contribution in [0.1, 0.15) is 23.6 Å². The van der Waals surface area contributed by atoms with Crippen LogP contribution in [0.2, 0.25) is 0 Å². The monoisotopic (exact) mass is 366 g/mol. The van der Waals surface area contributed by atoms with Gasteiger partial charge in [0.05, 0.1) is 5.25 Å². The lowest BCUT2D eigenvalue weighted by atomic mass is 10.1. The van der Waals surface area contributed by atoms with E-state index in [9.17, 15) is 4.79 Å². The number of nitrogens with zero attached hydrogens (tertiary/aromatic N) is 2. The zero-order chi connectivity index (χ0) is 18.7. The molecule has 26 heavy (non-hydrogen) atoms. The number of anilines is 1. The Labute approximate surface area is 157 Å². The number of amides is 1. The minimum atomic E-state index is -0.308. The maximum Gasteiger partial charge on any atom is 0.237 e. The highest BCUT2D eigenvalue weighted by Crippen LogP contribution is 2.24. The number of hydrogen-bond donors (Lipinski definition) is 2. The first-order chi connectivity index (χ1) is 12.4. The number of thioether (sulfide) groups is 1. The van der Waals surface area contributed by atoms with Crippen molar-refractivity contribution in [3.05, 3.63) is 59.2 Å². The highest BCUT2D eigenvalue weighted by molar-refractivity contribution is 8.00. The standard InChI is InChI=1S/C20H22N4OS/c1-12-5-8-16(9-6-12)18-22-20(24-23-18)26-15(4)19(25)21-17-10-7-13(2)11-14(17)3/h5-11,15H,1-4H3,(H,21,25)(H,22,23,24)/t15-/m1/s1. The molecule has 2 N–H and O–H groups in total. The third-order valence-corrected chi connectivity index (χ3v) is 5.04. The lowest BCUT2D eigenvalue weighted by molar-refractivity contribution is -0.115. The molecule has 1 atom stereocenters. The summed E-state index contributed by atoms with van der Waals surface area (Å²) in [7, 11) is 0. The summed E-state index contributed by atoms with van der Waals surface area (Å²) in [6.45, 7) is 7.92. The molecule has 0 bridgehead atoms. The van der Waals surface area contributed by atoms with Crippen LogP contribution >= 0.6 is 11.8 Å². The molecule has 0 fully saturated rings. The van der Waals surface area contributed by atoms with Gasteiger partial charge in [0, 0.05) is 11.3 Å². The number of aromatic amines is 1. The first kappa shape index (κ1) is 18.2. The zero-order valence-electron chi connectivity index (χ0n) is 15.3. The van der Waals surface area contributed by atoms with E-state index >= 15 is 0 Å². The van der Waals surface area contributed by atoms with Crippen molar-refractivity contribution < 1.29 is 4.79 Å². The first-order valence-corrected chi connectivity index (χ1v) is 9.34. The second-order valence-electron chi connectivity index (χ2n) is 6.40. The van der Waals surface area contributed by atoms with E-state index in [4.69, 9.17) is 0 Å². The maximum absolute atomic E-state index is 12.5. The summed E-state index contributed by atoms with van der Waals surface area (Å²) < 4.78 is 0. The minimum absolute atomic E-state index is 0.0661. The highest BCUT2D eigenvalue weighted by Gasteiger charge is 2.18. The molecule has 6 heteroatoms. The van der Waals surface area contributed by atoms with E-state index in [0.29, 0.717) is 11.0 Å². The third-order valence-electron chi connectivity index (χ3n) is 4.08. The molecular weight excluding hydrogens is 344 g/mol. The van der Waals surface area contributed by atoms with Crippen molar-refractivity contribution in [3.63, 3.8) is 0 Å². The topological polar surface area (TPSA) is 70.7 Å². The minimum Gasteiger partial charge on any atom is -0.325 e. The Bertz CT molecular complexity index is 918. The molecule has 0 aliphatic heterocycles. The van der Waals surface area contributed by atoms with Crippen molar-refractivity contribution in [1.82, 2.24) is 15.2 Å². The number of nitrogens with one attached hydrogen (secondary N) is 2. The molecule has 2 aromatic carbocycles. The number of aryl methyl sites for hydroxylation is 3. The van der Waals surface area contributed by atoms with Gasteiger partial charge in [-0.25, -0.2) is 4.98 Å². The van der Waals surface area contributed by atoms with Gasteiger partial charge in [-0.05, 0) is 39.3 Å². The molecule has 5 nitrogen and oxygen atoms in total. The summed E-state index contributed by atoms with van der Waals surface area (Å²) in [5.74, 6) is 0.637. The van der Waals surface area contributed by atoms with Gasteiger partial charge in [0.15, 0.2) is 5.82 Å². The van der Waals surface area contributed by atoms with Crippen LogP contribution in [0.25, 0.3) is 11.4 Å². The van der Waals surface area contributed by atoms with E-state index < -0.39 is 0 Å². The van der Waals surface area contributed by atoms with E-state index in [0.717, 1.165) is 16.8 Å². The van der Waals surface area contributed by atoms with Crippen LogP contribution in [0.3, 0.4) is 0 Å². The van der Waals surface area contributed by atoms with Gasteiger partial charge in [0.1, 0.15) is 0 Å². The molecule has 1 amide bonds. The van der Waals surface area contributed by atoms with Crippen LogP contribution in [0, 0.1) is 20.8 Å². The van der Waals surface area contributed by atoms with Crippen LogP contribution in [-0.2, 0) is 4.79 Å². The number of aromatic nitrogens is 3. The number of hydrogen-bond acceptors (Lipinski definition) is 4. The van der Waals surface area contributed by atoms with Gasteiger partial charge in [-0.2, -0.15) is 0 Å². The third kappa shape index (κ3) is 4.32. The van der Waals surface area contributed by atoms with E-state index in [1.807, 2.05) is 64.1 Å². The Morgan fingerprint density at radius 2 is 1.77 bits per heavy atom. The number of carbonyl (C=O) groups excluding carboxylic acids is 1. The molecule has 3 rings (SSSR count). The van der Waals surface area contributed by atoms with Crippen molar-refractivity contribution >= 4 is 23.4 Å². The van der Waals surface area contributed by atoms with Gasteiger partial charge in [0.25, 0.3) is 0 Å². The van der Waals surface area contributed by atoms with Crippen LogP contribution in [0.15, 0.2) is 47.6 Å². The van der Waals surface area contributed by atoms with Crippen molar-refractivity contribution in [2.75, 3.05) is 5.32 Å². The average molecular weight is 366 g/mol. The molecular formula is C20H22N4OS. The molecule has 0 saturated heterocycles. The lowest BCUT2D eigenvalue weighted by Crippen LogP contribution is -2.23. The average Bonchev–Trinajstić information content (AvgIpc) is 3.06. The number of rotatable bonds is 5. The highest BCUT2D eigenvalue weighted by atomic mass is 32.2. The van der Waals surface area contributed by atoms with Gasteiger partial charge in [-0.1, -0.05) is 59.3 Å². The Hall–Kier alpha value is -2.60. The van der Waals surface area contributed by atoms with Crippen molar-refractivity contribution in [3.8, 4) is 11.4 Å². The number of benzene rings is 2. The van der Waals surface area contributed by atoms with Crippen LogP contribution in [0.4, 0.5) is 5.69 Å². The Balaban J connectivity index is 1.65. The summed E-state index contributed by atoms with van der Waals surface area (Å²) in [5, 5.41) is 10.4. The molecule has 3 aromatic rings. The Morgan fingerprint density at radius 3 is 2.46 bits per heavy atom. The molecule has 0 radical (unpaired) electrons. The molecule has 0 aliphatic carbocycles. The second-order valence-corrected chi connectivity index (χ2v) is 7.71. The van der Waals surface area contributed by atoms with E-state index in [-0.39, 0.29) is 11.2 Å². The zero-order valence-corrected chi connectivity index (χ0v) is 16.1. The fourth-order valence-electron chi connectivity index (χ4n) is 2.54.